The molecule has 0 amide bonds. The van der Waals surface area contributed by atoms with Crippen LogP contribution in [0.4, 0.5) is 5.69 Å². The zero-order chi connectivity index (χ0) is 13.0. The molecule has 2 nitrogen and oxygen atoms in total. The molecule has 2 aromatic carbocycles. The molecule has 2 rings (SSSR count). The molecule has 0 aliphatic carbocycles. The monoisotopic (exact) mass is 241 g/mol. The molecule has 0 radical (unpaired) electrons. The molecular weight excluding hydrogens is 222 g/mol. The number of nitrogen functional groups attached to an aromatic ring is 1. The first-order chi connectivity index (χ1) is 8.63. The topological polar surface area (TPSA) is 35.2 Å². The van der Waals surface area contributed by atoms with Gasteiger partial charge in [0.25, 0.3) is 0 Å². The maximum atomic E-state index is 5.77. The predicted octanol–water partition coefficient (Wildman–Crippen LogP) is 3.51. The maximum absolute atomic E-state index is 5.77. The van der Waals surface area contributed by atoms with Crippen LogP contribution in [-0.2, 0) is 6.42 Å². The van der Waals surface area contributed by atoms with Crippen molar-refractivity contribution in [3.8, 4) is 5.75 Å². The van der Waals surface area contributed by atoms with Crippen molar-refractivity contribution in [1.82, 2.24) is 0 Å². The van der Waals surface area contributed by atoms with Gasteiger partial charge in [-0.25, -0.2) is 0 Å². The average Bonchev–Trinajstić information content (AvgIpc) is 2.30. The molecule has 0 fully saturated rings. The number of rotatable bonds is 4. The van der Waals surface area contributed by atoms with Gasteiger partial charge in [0.15, 0.2) is 0 Å². The summed E-state index contributed by atoms with van der Waals surface area (Å²) in [5.74, 6) is 0.947. The van der Waals surface area contributed by atoms with E-state index >= 15 is 0 Å². The molecule has 2 heteroatoms. The second kappa shape index (κ2) is 5.58. The molecule has 0 saturated heterocycles. The molecule has 0 spiro atoms. The minimum Gasteiger partial charge on any atom is -0.493 e. The molecule has 18 heavy (non-hydrogen) atoms. The van der Waals surface area contributed by atoms with Gasteiger partial charge < -0.3 is 10.5 Å². The van der Waals surface area contributed by atoms with E-state index < -0.39 is 0 Å². The van der Waals surface area contributed by atoms with E-state index in [1.165, 1.54) is 16.7 Å². The van der Waals surface area contributed by atoms with Crippen molar-refractivity contribution in [2.45, 2.75) is 20.3 Å². The second-order valence-corrected chi connectivity index (χ2v) is 4.66. The normalized spacial score (nSPS) is 10.3. The zero-order valence-electron chi connectivity index (χ0n) is 10.9. The Morgan fingerprint density at radius 2 is 1.56 bits per heavy atom. The van der Waals surface area contributed by atoms with Gasteiger partial charge in [-0.3, -0.25) is 0 Å². The van der Waals surface area contributed by atoms with Crippen LogP contribution >= 0.6 is 0 Å². The third-order valence-corrected chi connectivity index (χ3v) is 2.83. The van der Waals surface area contributed by atoms with Crippen LogP contribution in [0.2, 0.25) is 0 Å². The lowest BCUT2D eigenvalue weighted by atomic mass is 10.1. The second-order valence-electron chi connectivity index (χ2n) is 4.66. The number of hydrogen-bond donors (Lipinski definition) is 1. The molecule has 0 bridgehead atoms. The average molecular weight is 241 g/mol. The first-order valence-corrected chi connectivity index (χ1v) is 6.19. The van der Waals surface area contributed by atoms with Crippen LogP contribution in [0.25, 0.3) is 0 Å². The Labute approximate surface area is 108 Å². The van der Waals surface area contributed by atoms with Crippen molar-refractivity contribution in [3.05, 3.63) is 59.2 Å². The molecule has 2 aromatic rings. The molecule has 0 saturated carbocycles. The smallest absolute Gasteiger partial charge is 0.119 e. The van der Waals surface area contributed by atoms with E-state index in [1.54, 1.807) is 0 Å². The molecule has 0 unspecified atom stereocenters. The first kappa shape index (κ1) is 12.5. The van der Waals surface area contributed by atoms with Crippen LogP contribution in [0.5, 0.6) is 5.75 Å². The number of ether oxygens (including phenoxy) is 1. The summed E-state index contributed by atoms with van der Waals surface area (Å²) in [5.41, 5.74) is 10.2. The number of aryl methyl sites for hydroxylation is 2. The summed E-state index contributed by atoms with van der Waals surface area (Å²) >= 11 is 0. The number of hydrogen-bond acceptors (Lipinski definition) is 2. The number of anilines is 1. The number of benzene rings is 2. The molecule has 0 heterocycles. The SMILES string of the molecule is Cc1cc(C)cc(OCCc2ccc(N)cc2)c1. The van der Waals surface area contributed by atoms with Gasteiger partial charge in [0, 0.05) is 12.1 Å². The summed E-state index contributed by atoms with van der Waals surface area (Å²) < 4.78 is 5.77. The highest BCUT2D eigenvalue weighted by atomic mass is 16.5. The fourth-order valence-electron chi connectivity index (χ4n) is 1.99. The first-order valence-electron chi connectivity index (χ1n) is 6.19. The molecule has 94 valence electrons. The van der Waals surface area contributed by atoms with Crippen LogP contribution < -0.4 is 10.5 Å². The molecule has 0 atom stereocenters. The minimum absolute atomic E-state index is 0.687. The highest BCUT2D eigenvalue weighted by Crippen LogP contribution is 2.16. The van der Waals surface area contributed by atoms with Crippen molar-refractivity contribution < 1.29 is 4.74 Å². The van der Waals surface area contributed by atoms with E-state index in [4.69, 9.17) is 10.5 Å². The van der Waals surface area contributed by atoms with E-state index in [1.807, 2.05) is 24.3 Å². The van der Waals surface area contributed by atoms with Crippen LogP contribution in [0, 0.1) is 13.8 Å². The van der Waals surface area contributed by atoms with Crippen LogP contribution in [0.3, 0.4) is 0 Å². The van der Waals surface area contributed by atoms with Crippen molar-refractivity contribution in [2.75, 3.05) is 12.3 Å². The molecule has 0 aliphatic heterocycles. The molecule has 2 N–H and O–H groups in total. The highest BCUT2D eigenvalue weighted by molar-refractivity contribution is 5.39. The minimum atomic E-state index is 0.687. The lowest BCUT2D eigenvalue weighted by Crippen LogP contribution is -2.01. The van der Waals surface area contributed by atoms with E-state index in [-0.39, 0.29) is 0 Å². The Bertz CT molecular complexity index is 497. The van der Waals surface area contributed by atoms with Gasteiger partial charge >= 0.3 is 0 Å². The Kier molecular flexibility index (Phi) is 3.88. The van der Waals surface area contributed by atoms with Crippen LogP contribution in [0.1, 0.15) is 16.7 Å². The van der Waals surface area contributed by atoms with Crippen molar-refractivity contribution in [1.29, 1.82) is 0 Å². The van der Waals surface area contributed by atoms with Crippen LogP contribution in [-0.4, -0.2) is 6.61 Å². The third-order valence-electron chi connectivity index (χ3n) is 2.83. The fourth-order valence-corrected chi connectivity index (χ4v) is 1.99. The molecular formula is C16H19NO. The van der Waals surface area contributed by atoms with Gasteiger partial charge in [-0.05, 0) is 54.8 Å². The van der Waals surface area contributed by atoms with Gasteiger partial charge in [-0.2, -0.15) is 0 Å². The molecule has 0 aliphatic rings. The molecule has 0 aromatic heterocycles. The number of nitrogens with two attached hydrogens (primary N) is 1. The summed E-state index contributed by atoms with van der Waals surface area (Å²) in [6.45, 7) is 4.85. The van der Waals surface area contributed by atoms with Crippen LogP contribution in [0.15, 0.2) is 42.5 Å². The van der Waals surface area contributed by atoms with E-state index in [0.29, 0.717) is 6.61 Å². The summed E-state index contributed by atoms with van der Waals surface area (Å²) in [4.78, 5) is 0. The summed E-state index contributed by atoms with van der Waals surface area (Å²) in [5, 5.41) is 0. The Balaban J connectivity index is 1.90. The highest BCUT2D eigenvalue weighted by Gasteiger charge is 1.98. The van der Waals surface area contributed by atoms with E-state index in [9.17, 15) is 0 Å². The summed E-state index contributed by atoms with van der Waals surface area (Å²) in [6, 6.07) is 14.2. The fraction of sp³-hybridized carbons (Fsp3) is 0.250. The van der Waals surface area contributed by atoms with Gasteiger partial charge in [0.05, 0.1) is 6.61 Å². The van der Waals surface area contributed by atoms with Crippen molar-refractivity contribution >= 4 is 5.69 Å². The van der Waals surface area contributed by atoms with E-state index in [2.05, 4.69) is 32.0 Å². The van der Waals surface area contributed by atoms with Gasteiger partial charge in [-0.15, -0.1) is 0 Å². The van der Waals surface area contributed by atoms with Gasteiger partial charge in [0.2, 0.25) is 0 Å². The predicted molar refractivity (Wildman–Crippen MR) is 76.0 cm³/mol. The van der Waals surface area contributed by atoms with Crippen molar-refractivity contribution in [2.24, 2.45) is 0 Å². The maximum Gasteiger partial charge on any atom is 0.119 e. The van der Waals surface area contributed by atoms with Gasteiger partial charge in [-0.1, -0.05) is 18.2 Å². The summed E-state index contributed by atoms with van der Waals surface area (Å²) in [7, 11) is 0. The van der Waals surface area contributed by atoms with Crippen molar-refractivity contribution in [3.63, 3.8) is 0 Å². The third kappa shape index (κ3) is 3.52. The Morgan fingerprint density at radius 3 is 2.17 bits per heavy atom. The lowest BCUT2D eigenvalue weighted by molar-refractivity contribution is 0.321. The van der Waals surface area contributed by atoms with Gasteiger partial charge in [0.1, 0.15) is 5.75 Å². The summed E-state index contributed by atoms with van der Waals surface area (Å²) in [6.07, 6.45) is 0.896. The Hall–Kier alpha value is -1.96. The largest absolute Gasteiger partial charge is 0.493 e. The Morgan fingerprint density at radius 1 is 0.944 bits per heavy atom. The zero-order valence-corrected chi connectivity index (χ0v) is 10.9. The lowest BCUT2D eigenvalue weighted by Gasteiger charge is -2.08. The quantitative estimate of drug-likeness (QED) is 0.831. The standard InChI is InChI=1S/C16H19NO/c1-12-9-13(2)11-16(10-12)18-8-7-14-3-5-15(17)6-4-14/h3-6,9-11H,7-8,17H2,1-2H3. The van der Waals surface area contributed by atoms with E-state index in [0.717, 1.165) is 17.9 Å².